The lowest BCUT2D eigenvalue weighted by atomic mass is 9.38. The van der Waals surface area contributed by atoms with E-state index in [-0.39, 0.29) is 45.6 Å². The summed E-state index contributed by atoms with van der Waals surface area (Å²) in [4.78, 5) is 36.1. The molecule has 1 heterocycles. The maximum atomic E-state index is 13.4. The number of carbonyl (C=O) groups excluding carboxylic acids is 2. The number of amides is 1. The van der Waals surface area contributed by atoms with Gasteiger partial charge in [-0.15, -0.1) is 0 Å². The smallest absolute Gasteiger partial charge is 0.258 e. The van der Waals surface area contributed by atoms with Crippen molar-refractivity contribution >= 4 is 23.3 Å². The van der Waals surface area contributed by atoms with Crippen LogP contribution in [0.2, 0.25) is 5.02 Å². The number of pyridine rings is 1. The van der Waals surface area contributed by atoms with Gasteiger partial charge in [-0.1, -0.05) is 11.6 Å². The predicted molar refractivity (Wildman–Crippen MR) is 105 cm³/mol. The minimum absolute atomic E-state index is 0.00626. The first-order valence-electron chi connectivity index (χ1n) is 9.28. The first-order valence-corrected chi connectivity index (χ1v) is 9.66. The number of hydrogen-bond acceptors (Lipinski definition) is 4. The molecule has 3 aliphatic carbocycles. The first-order chi connectivity index (χ1) is 13.7. The van der Waals surface area contributed by atoms with Crippen LogP contribution in [0.3, 0.4) is 0 Å². The van der Waals surface area contributed by atoms with Crippen LogP contribution in [-0.4, -0.2) is 28.4 Å². The van der Waals surface area contributed by atoms with E-state index in [0.717, 1.165) is 25.3 Å². The van der Waals surface area contributed by atoms with E-state index < -0.39 is 5.82 Å². The zero-order chi connectivity index (χ0) is 20.8. The van der Waals surface area contributed by atoms with Crippen LogP contribution in [0.4, 0.5) is 4.39 Å². The van der Waals surface area contributed by atoms with Crippen LogP contribution >= 0.6 is 11.6 Å². The Labute approximate surface area is 171 Å². The summed E-state index contributed by atoms with van der Waals surface area (Å²) in [6, 6.07) is 6.96. The van der Waals surface area contributed by atoms with Crippen molar-refractivity contribution in [2.45, 2.75) is 31.2 Å². The minimum Gasteiger partial charge on any atom is -0.484 e. The van der Waals surface area contributed by atoms with E-state index >= 15 is 0 Å². The second-order valence-electron chi connectivity index (χ2n) is 8.19. The second-order valence-corrected chi connectivity index (χ2v) is 8.60. The number of ether oxygens (including phenoxy) is 1. The Hall–Kier alpha value is -2.67. The standard InChI is InChI=1S/C21H20ClFN2O4/c1-25-8-13(2-5-19(25)28)17(26)7-20-10-21(11-20,12-20)24-18(27)9-29-14-3-4-15(22)16(23)6-14/h2-6,8H,7,9-12H2,1H3,(H,24,27). The molecule has 3 aliphatic rings. The lowest BCUT2D eigenvalue weighted by Crippen LogP contribution is -2.75. The summed E-state index contributed by atoms with van der Waals surface area (Å²) in [5.74, 6) is -0.639. The molecule has 2 aromatic rings. The Morgan fingerprint density at radius 2 is 1.97 bits per heavy atom. The average Bonchev–Trinajstić information content (AvgIpc) is 2.62. The highest BCUT2D eigenvalue weighted by Crippen LogP contribution is 2.69. The molecule has 2 bridgehead atoms. The van der Waals surface area contributed by atoms with Crippen LogP contribution in [0, 0.1) is 11.2 Å². The van der Waals surface area contributed by atoms with E-state index in [1.54, 1.807) is 19.3 Å². The molecule has 1 aromatic heterocycles. The molecule has 0 saturated heterocycles. The quantitative estimate of drug-likeness (QED) is 0.701. The van der Waals surface area contributed by atoms with Crippen LogP contribution < -0.4 is 15.6 Å². The van der Waals surface area contributed by atoms with Gasteiger partial charge in [0.1, 0.15) is 11.6 Å². The molecule has 0 aliphatic heterocycles. The van der Waals surface area contributed by atoms with E-state index in [2.05, 4.69) is 5.32 Å². The van der Waals surface area contributed by atoms with Crippen molar-refractivity contribution in [2.24, 2.45) is 12.5 Å². The molecule has 1 amide bonds. The van der Waals surface area contributed by atoms with E-state index in [9.17, 15) is 18.8 Å². The molecule has 29 heavy (non-hydrogen) atoms. The number of hydrogen-bond donors (Lipinski definition) is 1. The van der Waals surface area contributed by atoms with Gasteiger partial charge in [0, 0.05) is 42.9 Å². The zero-order valence-corrected chi connectivity index (χ0v) is 16.6. The van der Waals surface area contributed by atoms with Crippen molar-refractivity contribution in [1.82, 2.24) is 9.88 Å². The number of ketones is 1. The fourth-order valence-corrected chi connectivity index (χ4v) is 4.68. The Kier molecular flexibility index (Phi) is 4.73. The van der Waals surface area contributed by atoms with Crippen molar-refractivity contribution in [3.8, 4) is 5.75 Å². The molecule has 0 unspecified atom stereocenters. The number of aromatic nitrogens is 1. The van der Waals surface area contributed by atoms with Crippen LogP contribution in [-0.2, 0) is 11.8 Å². The Morgan fingerprint density at radius 3 is 2.62 bits per heavy atom. The number of nitrogens with one attached hydrogen (secondary N) is 1. The van der Waals surface area contributed by atoms with Gasteiger partial charge in [0.25, 0.3) is 5.91 Å². The van der Waals surface area contributed by atoms with Gasteiger partial charge in [-0.25, -0.2) is 4.39 Å². The van der Waals surface area contributed by atoms with Crippen LogP contribution in [0.25, 0.3) is 0 Å². The van der Waals surface area contributed by atoms with Crippen molar-refractivity contribution in [2.75, 3.05) is 6.61 Å². The monoisotopic (exact) mass is 418 g/mol. The Bertz CT molecular complexity index is 1050. The molecule has 5 rings (SSSR count). The van der Waals surface area contributed by atoms with Crippen molar-refractivity contribution < 1.29 is 18.7 Å². The van der Waals surface area contributed by atoms with Gasteiger partial charge in [-0.05, 0) is 42.9 Å². The minimum atomic E-state index is -0.603. The number of Topliss-reactive ketones (excluding diaryl/α,β-unsaturated/α-hetero) is 1. The van der Waals surface area contributed by atoms with E-state index in [1.807, 2.05) is 0 Å². The topological polar surface area (TPSA) is 77.4 Å². The van der Waals surface area contributed by atoms with Gasteiger partial charge in [0.15, 0.2) is 12.4 Å². The fraction of sp³-hybridized carbons (Fsp3) is 0.381. The number of nitrogens with zero attached hydrogens (tertiary/aromatic N) is 1. The summed E-state index contributed by atoms with van der Waals surface area (Å²) in [5, 5.41) is 2.96. The highest BCUT2D eigenvalue weighted by atomic mass is 35.5. The SMILES string of the molecule is Cn1cc(C(=O)CC23CC(NC(=O)COc4ccc(Cl)c(F)c4)(C2)C3)ccc1=O. The number of rotatable bonds is 7. The summed E-state index contributed by atoms with van der Waals surface area (Å²) in [6.45, 7) is -0.215. The first kappa shape index (κ1) is 19.6. The van der Waals surface area contributed by atoms with Crippen molar-refractivity contribution in [3.05, 3.63) is 63.3 Å². The molecule has 152 valence electrons. The van der Waals surface area contributed by atoms with Crippen LogP contribution in [0.15, 0.2) is 41.3 Å². The molecule has 8 heteroatoms. The predicted octanol–water partition coefficient (Wildman–Crippen LogP) is 2.87. The van der Waals surface area contributed by atoms with E-state index in [1.165, 1.54) is 22.8 Å². The Balaban J connectivity index is 1.25. The molecule has 3 saturated carbocycles. The van der Waals surface area contributed by atoms with Crippen LogP contribution in [0.1, 0.15) is 36.0 Å². The van der Waals surface area contributed by atoms with Gasteiger partial charge in [0.2, 0.25) is 5.56 Å². The second kappa shape index (κ2) is 6.99. The van der Waals surface area contributed by atoms with E-state index in [4.69, 9.17) is 16.3 Å². The third-order valence-electron chi connectivity index (χ3n) is 5.75. The summed E-state index contributed by atoms with van der Waals surface area (Å²) in [7, 11) is 1.62. The van der Waals surface area contributed by atoms with Crippen LogP contribution in [0.5, 0.6) is 5.75 Å². The zero-order valence-electron chi connectivity index (χ0n) is 15.8. The normalized spacial score (nSPS) is 24.2. The fourth-order valence-electron chi connectivity index (χ4n) is 4.57. The molecule has 0 spiro atoms. The van der Waals surface area contributed by atoms with Gasteiger partial charge in [-0.3, -0.25) is 14.4 Å². The number of halogens is 2. The summed E-state index contributed by atoms with van der Waals surface area (Å²) in [5.41, 5.74) is 0.0326. The molecule has 1 N–H and O–H groups in total. The van der Waals surface area contributed by atoms with Crippen molar-refractivity contribution in [3.63, 3.8) is 0 Å². The lowest BCUT2D eigenvalue weighted by Gasteiger charge is -2.70. The summed E-state index contributed by atoms with van der Waals surface area (Å²) >= 11 is 5.62. The van der Waals surface area contributed by atoms with Gasteiger partial charge < -0.3 is 14.6 Å². The third-order valence-corrected chi connectivity index (χ3v) is 6.06. The maximum Gasteiger partial charge on any atom is 0.258 e. The average molecular weight is 419 g/mol. The molecule has 0 atom stereocenters. The lowest BCUT2D eigenvalue weighted by molar-refractivity contribution is -0.164. The summed E-state index contributed by atoms with van der Waals surface area (Å²) in [6.07, 6.45) is 4.21. The molecular weight excluding hydrogens is 399 g/mol. The molecular formula is C21H20ClFN2O4. The Morgan fingerprint density at radius 1 is 1.24 bits per heavy atom. The molecule has 3 fully saturated rings. The van der Waals surface area contributed by atoms with Gasteiger partial charge in [0.05, 0.1) is 5.02 Å². The molecule has 6 nitrogen and oxygen atoms in total. The van der Waals surface area contributed by atoms with Gasteiger partial charge in [-0.2, -0.15) is 0 Å². The summed E-state index contributed by atoms with van der Waals surface area (Å²) < 4.78 is 20.1. The van der Waals surface area contributed by atoms with Gasteiger partial charge >= 0.3 is 0 Å². The van der Waals surface area contributed by atoms with E-state index in [0.29, 0.717) is 12.0 Å². The number of carbonyl (C=O) groups is 2. The van der Waals surface area contributed by atoms with Crippen molar-refractivity contribution in [1.29, 1.82) is 0 Å². The largest absolute Gasteiger partial charge is 0.484 e. The highest BCUT2D eigenvalue weighted by Gasteiger charge is 2.68. The number of benzene rings is 1. The third kappa shape index (κ3) is 3.79. The molecule has 0 radical (unpaired) electrons. The highest BCUT2D eigenvalue weighted by molar-refractivity contribution is 6.30. The number of aryl methyl sites for hydroxylation is 1. The molecule has 1 aromatic carbocycles. The maximum absolute atomic E-state index is 13.4.